The van der Waals surface area contributed by atoms with Crippen molar-refractivity contribution >= 4 is 42.7 Å². The Hall–Kier alpha value is -3.91. The minimum absolute atomic E-state index is 0.228. The highest BCUT2D eigenvalue weighted by molar-refractivity contribution is 7.92. The van der Waals surface area contributed by atoms with Crippen LogP contribution in [0.4, 0.5) is 18.9 Å². The van der Waals surface area contributed by atoms with Gasteiger partial charge in [0, 0.05) is 18.5 Å². The van der Waals surface area contributed by atoms with Crippen LogP contribution in [0.5, 0.6) is 0 Å². The van der Waals surface area contributed by atoms with E-state index in [-0.39, 0.29) is 11.1 Å². The van der Waals surface area contributed by atoms with Crippen LogP contribution < -0.4 is 9.44 Å². The van der Waals surface area contributed by atoms with Crippen molar-refractivity contribution in [2.75, 3.05) is 11.0 Å². The van der Waals surface area contributed by atoms with Gasteiger partial charge < -0.3 is 4.57 Å². The molecule has 0 aliphatic heterocycles. The largest absolute Gasteiger partial charge is 0.516 e. The van der Waals surface area contributed by atoms with Crippen molar-refractivity contribution < 1.29 is 34.8 Å². The normalized spacial score (nSPS) is 12.4. The van der Waals surface area contributed by atoms with Crippen LogP contribution >= 0.6 is 0 Å². The number of fused-ring (bicyclic) bond motifs is 1. The topological polar surface area (TPSA) is 127 Å². The van der Waals surface area contributed by atoms with Gasteiger partial charge in [0.25, 0.3) is 5.91 Å². The molecule has 41 heavy (non-hydrogen) atoms. The van der Waals surface area contributed by atoms with Crippen LogP contribution in [0.2, 0.25) is 0 Å². The van der Waals surface area contributed by atoms with E-state index in [1.54, 1.807) is 48.5 Å². The van der Waals surface area contributed by atoms with Crippen LogP contribution in [0.15, 0.2) is 66.7 Å². The molecule has 1 aromatic heterocycles. The first kappa shape index (κ1) is 30.1. The number of carbonyl (C=O) groups excluding carboxylic acids is 1. The first-order chi connectivity index (χ1) is 19.2. The van der Waals surface area contributed by atoms with Gasteiger partial charge in [-0.1, -0.05) is 55.8 Å². The summed E-state index contributed by atoms with van der Waals surface area (Å²) >= 11 is 0. The Balaban J connectivity index is 1.63. The van der Waals surface area contributed by atoms with E-state index in [0.717, 1.165) is 40.7 Å². The number of benzene rings is 3. The maximum absolute atomic E-state index is 12.8. The van der Waals surface area contributed by atoms with Gasteiger partial charge in [0.2, 0.25) is 10.0 Å². The van der Waals surface area contributed by atoms with Gasteiger partial charge in [0.15, 0.2) is 0 Å². The molecule has 0 aliphatic carbocycles. The Morgan fingerprint density at radius 3 is 2.29 bits per heavy atom. The van der Waals surface area contributed by atoms with Crippen molar-refractivity contribution in [2.24, 2.45) is 0 Å². The highest BCUT2D eigenvalue weighted by Gasteiger charge is 2.47. The molecule has 9 nitrogen and oxygen atoms in total. The fraction of sp³-hybridized carbons (Fsp3) is 0.259. The summed E-state index contributed by atoms with van der Waals surface area (Å²) in [5.41, 5.74) is -2.37. The van der Waals surface area contributed by atoms with Crippen molar-refractivity contribution in [3.8, 4) is 11.1 Å². The van der Waals surface area contributed by atoms with E-state index in [1.165, 1.54) is 18.2 Å². The molecule has 0 bridgehead atoms. The number of rotatable bonds is 10. The highest BCUT2D eigenvalue weighted by atomic mass is 32.2. The van der Waals surface area contributed by atoms with Gasteiger partial charge in [-0.15, -0.1) is 0 Å². The number of hydrogen-bond acceptors (Lipinski definition) is 6. The molecule has 0 atom stereocenters. The predicted octanol–water partition coefficient (Wildman–Crippen LogP) is 5.05. The van der Waals surface area contributed by atoms with Crippen LogP contribution in [0.1, 0.15) is 41.5 Å². The summed E-state index contributed by atoms with van der Waals surface area (Å²) in [6.45, 7) is 2.50. The molecule has 0 fully saturated rings. The van der Waals surface area contributed by atoms with E-state index in [2.05, 4.69) is 11.6 Å². The molecule has 2 N–H and O–H groups in total. The second-order valence-electron chi connectivity index (χ2n) is 9.42. The lowest BCUT2D eigenvalue weighted by molar-refractivity contribution is -0.0446. The van der Waals surface area contributed by atoms with E-state index in [4.69, 9.17) is 4.98 Å². The Morgan fingerprint density at radius 1 is 0.976 bits per heavy atom. The Morgan fingerprint density at radius 2 is 1.66 bits per heavy atom. The van der Waals surface area contributed by atoms with Crippen LogP contribution in [0.3, 0.4) is 0 Å². The molecule has 3 aromatic carbocycles. The summed E-state index contributed by atoms with van der Waals surface area (Å²) in [4.78, 5) is 17.2. The van der Waals surface area contributed by atoms with Crippen LogP contribution in [-0.2, 0) is 33.0 Å². The predicted molar refractivity (Wildman–Crippen MR) is 150 cm³/mol. The van der Waals surface area contributed by atoms with Gasteiger partial charge >= 0.3 is 15.5 Å². The van der Waals surface area contributed by atoms with E-state index in [1.807, 2.05) is 4.57 Å². The lowest BCUT2D eigenvalue weighted by atomic mass is 9.98. The van der Waals surface area contributed by atoms with Crippen molar-refractivity contribution in [1.29, 1.82) is 0 Å². The number of alkyl halides is 3. The number of anilines is 1. The zero-order valence-corrected chi connectivity index (χ0v) is 23.7. The van der Waals surface area contributed by atoms with Crippen LogP contribution in [0.25, 0.3) is 22.2 Å². The van der Waals surface area contributed by atoms with E-state index >= 15 is 0 Å². The molecule has 1 amide bonds. The van der Waals surface area contributed by atoms with Crippen molar-refractivity contribution in [2.45, 2.75) is 38.2 Å². The molecular weight excluding hydrogens is 581 g/mol. The molecule has 0 unspecified atom stereocenters. The van der Waals surface area contributed by atoms with E-state index < -0.39 is 31.5 Å². The highest BCUT2D eigenvalue weighted by Crippen LogP contribution is 2.28. The maximum atomic E-state index is 12.8. The van der Waals surface area contributed by atoms with Gasteiger partial charge in [-0.2, -0.15) is 21.6 Å². The van der Waals surface area contributed by atoms with Gasteiger partial charge in [-0.05, 0) is 47.4 Å². The number of nitrogens with one attached hydrogen (secondary N) is 2. The molecule has 218 valence electrons. The molecule has 4 rings (SSSR count). The lowest BCUT2D eigenvalue weighted by Crippen LogP contribution is -2.40. The third-order valence-electron chi connectivity index (χ3n) is 6.19. The van der Waals surface area contributed by atoms with Gasteiger partial charge in [0.05, 0.1) is 23.0 Å². The Labute approximate surface area is 235 Å². The molecule has 0 aliphatic rings. The second kappa shape index (κ2) is 11.5. The molecular formula is C27H27F3N4O5S2. The number of unbranched alkanes of at least 4 members (excludes halogenated alkanes) is 1. The first-order valence-electron chi connectivity index (χ1n) is 12.5. The number of halogens is 3. The monoisotopic (exact) mass is 608 g/mol. The maximum Gasteiger partial charge on any atom is 0.516 e. The summed E-state index contributed by atoms with van der Waals surface area (Å²) in [6.07, 6.45) is 3.64. The first-order valence-corrected chi connectivity index (χ1v) is 15.8. The third kappa shape index (κ3) is 7.06. The number of carbonyl (C=O) groups is 1. The molecule has 0 radical (unpaired) electrons. The van der Waals surface area contributed by atoms with Gasteiger partial charge in [0.1, 0.15) is 5.82 Å². The van der Waals surface area contributed by atoms with Crippen molar-refractivity contribution in [3.05, 3.63) is 83.7 Å². The van der Waals surface area contributed by atoms with Crippen LogP contribution in [0, 0.1) is 0 Å². The summed E-state index contributed by atoms with van der Waals surface area (Å²) in [6, 6.07) is 17.9. The van der Waals surface area contributed by atoms with Crippen LogP contribution in [-0.4, -0.2) is 44.1 Å². The van der Waals surface area contributed by atoms with Gasteiger partial charge in [-0.3, -0.25) is 9.52 Å². The number of amides is 1. The molecule has 0 saturated carbocycles. The quantitative estimate of drug-likeness (QED) is 0.260. The van der Waals surface area contributed by atoms with E-state index in [9.17, 15) is 34.8 Å². The zero-order valence-electron chi connectivity index (χ0n) is 22.1. The smallest absolute Gasteiger partial charge is 0.323 e. The minimum atomic E-state index is -5.86. The standard InChI is InChI=1S/C27H27F3N4O5S2/c1-3-4-9-25-31-23-16-20(32-40(2,36)37)14-15-24(23)34(25)17-18-10-12-19(13-11-18)21-7-5-6-8-22(21)26(35)33-41(38,39)27(28,29)30/h5-8,10-16,32H,3-4,9,17H2,1-2H3,(H,33,35). The second-order valence-corrected chi connectivity index (χ2v) is 12.8. The van der Waals surface area contributed by atoms with Crippen molar-refractivity contribution in [1.82, 2.24) is 14.3 Å². The average molecular weight is 609 g/mol. The number of aromatic nitrogens is 2. The summed E-state index contributed by atoms with van der Waals surface area (Å²) in [5.74, 6) is -0.562. The minimum Gasteiger partial charge on any atom is -0.323 e. The molecule has 1 heterocycles. The van der Waals surface area contributed by atoms with Gasteiger partial charge in [-0.25, -0.2) is 18.1 Å². The number of aryl methyl sites for hydroxylation is 1. The number of hydrogen-bond donors (Lipinski definition) is 2. The lowest BCUT2D eigenvalue weighted by Gasteiger charge is -2.13. The molecule has 0 spiro atoms. The summed E-state index contributed by atoms with van der Waals surface area (Å²) in [7, 11) is -9.32. The van der Waals surface area contributed by atoms with E-state index in [0.29, 0.717) is 29.7 Å². The number of nitrogens with zero attached hydrogens (tertiary/aromatic N) is 2. The Bertz CT molecular complexity index is 1800. The Kier molecular flexibility index (Phi) is 8.45. The molecule has 4 aromatic rings. The van der Waals surface area contributed by atoms with Crippen molar-refractivity contribution in [3.63, 3.8) is 0 Å². The summed E-state index contributed by atoms with van der Waals surface area (Å²) in [5, 5.41) is 0. The SMILES string of the molecule is CCCCc1nc2cc(NS(C)(=O)=O)ccc2n1Cc1ccc(-c2ccccc2C(=O)NS(=O)(=O)C(F)(F)F)cc1. The summed E-state index contributed by atoms with van der Waals surface area (Å²) < 4.78 is 90.1. The fourth-order valence-corrected chi connectivity index (χ4v) is 5.32. The third-order valence-corrected chi connectivity index (χ3v) is 7.86. The molecule has 14 heteroatoms. The molecule has 0 saturated heterocycles. The number of imidazole rings is 1. The fourth-order valence-electron chi connectivity index (χ4n) is 4.30. The zero-order chi connectivity index (χ0) is 30.0. The number of sulfonamides is 2. The average Bonchev–Trinajstić information content (AvgIpc) is 3.22.